The number of amides is 1. The summed E-state index contributed by atoms with van der Waals surface area (Å²) in [7, 11) is 1.78. The minimum atomic E-state index is -0.569. The summed E-state index contributed by atoms with van der Waals surface area (Å²) in [5, 5.41) is 19.9. The molecule has 3 aromatic rings. The van der Waals surface area contributed by atoms with E-state index in [2.05, 4.69) is 25.8 Å². The molecule has 24 heavy (non-hydrogen) atoms. The maximum atomic E-state index is 12.4. The van der Waals surface area contributed by atoms with Gasteiger partial charge in [0.2, 0.25) is 5.82 Å². The van der Waals surface area contributed by atoms with Gasteiger partial charge in [0.05, 0.1) is 0 Å². The molecule has 1 N–H and O–H groups in total. The van der Waals surface area contributed by atoms with Crippen molar-refractivity contribution < 1.29 is 4.79 Å². The third kappa shape index (κ3) is 3.43. The summed E-state index contributed by atoms with van der Waals surface area (Å²) >= 11 is 5.88. The molecule has 0 radical (unpaired) electrons. The number of carbonyl (C=O) groups is 1. The van der Waals surface area contributed by atoms with E-state index in [1.165, 1.54) is 4.80 Å². The second-order valence-corrected chi connectivity index (χ2v) is 5.66. The van der Waals surface area contributed by atoms with Gasteiger partial charge in [0.25, 0.3) is 5.91 Å². The highest BCUT2D eigenvalue weighted by Gasteiger charge is 2.22. The van der Waals surface area contributed by atoms with E-state index < -0.39 is 6.04 Å². The summed E-state index contributed by atoms with van der Waals surface area (Å²) in [5.74, 6) is 0.686. The van der Waals surface area contributed by atoms with E-state index in [0.29, 0.717) is 23.1 Å². The van der Waals surface area contributed by atoms with Crippen molar-refractivity contribution in [3.63, 3.8) is 0 Å². The molecule has 0 fully saturated rings. The molecule has 124 valence electrons. The Kier molecular flexibility index (Phi) is 4.57. The van der Waals surface area contributed by atoms with E-state index >= 15 is 0 Å². The number of aryl methyl sites for hydroxylation is 1. The van der Waals surface area contributed by atoms with Gasteiger partial charge in [-0.15, -0.1) is 10.2 Å². The lowest BCUT2D eigenvalue weighted by Crippen LogP contribution is -2.27. The number of nitrogens with one attached hydrogen (secondary N) is 1. The third-order valence-corrected chi connectivity index (χ3v) is 3.72. The number of halogens is 1. The van der Waals surface area contributed by atoms with Gasteiger partial charge in [0.1, 0.15) is 0 Å². The highest BCUT2D eigenvalue weighted by Crippen LogP contribution is 2.19. The van der Waals surface area contributed by atoms with Crippen molar-refractivity contribution >= 4 is 23.3 Å². The summed E-state index contributed by atoms with van der Waals surface area (Å²) in [5.41, 5.74) is 0.783. The Morgan fingerprint density at radius 2 is 2.00 bits per heavy atom. The maximum absolute atomic E-state index is 12.4. The first-order valence-electron chi connectivity index (χ1n) is 7.42. The van der Waals surface area contributed by atoms with E-state index in [-0.39, 0.29) is 5.91 Å². The largest absolute Gasteiger partial charge is 0.307 e. The molecule has 0 saturated heterocycles. The molecule has 1 aromatic carbocycles. The lowest BCUT2D eigenvalue weighted by atomic mass is 10.2. The molecule has 3 rings (SSSR count). The van der Waals surface area contributed by atoms with Crippen LogP contribution in [0, 0.1) is 0 Å². The summed E-state index contributed by atoms with van der Waals surface area (Å²) in [6, 6.07) is 8.27. The molecule has 0 aliphatic heterocycles. The van der Waals surface area contributed by atoms with Crippen molar-refractivity contribution in [3.8, 4) is 11.4 Å². The smallest absolute Gasteiger partial charge is 0.252 e. The molecule has 0 spiro atoms. The standard InChI is InChI=1S/C15H16ClN7O/c1-3-12(15(24)17-13-8-9-22(2)19-13)23-20-14(18-21-23)10-4-6-11(16)7-5-10/h4-9,12H,3H2,1-2H3,(H,17,19,24). The Hall–Kier alpha value is -2.74. The Labute approximate surface area is 143 Å². The second-order valence-electron chi connectivity index (χ2n) is 5.23. The van der Waals surface area contributed by atoms with Crippen LogP contribution in [0.1, 0.15) is 19.4 Å². The van der Waals surface area contributed by atoms with Gasteiger partial charge < -0.3 is 5.32 Å². The SMILES string of the molecule is CCC(C(=O)Nc1ccn(C)n1)n1nnc(-c2ccc(Cl)cc2)n1. The fourth-order valence-electron chi connectivity index (χ4n) is 2.22. The van der Waals surface area contributed by atoms with Gasteiger partial charge >= 0.3 is 0 Å². The summed E-state index contributed by atoms with van der Waals surface area (Å²) in [4.78, 5) is 13.8. The van der Waals surface area contributed by atoms with Crippen LogP contribution in [0.15, 0.2) is 36.5 Å². The molecule has 0 saturated carbocycles. The van der Waals surface area contributed by atoms with Crippen LogP contribution in [-0.4, -0.2) is 35.9 Å². The van der Waals surface area contributed by atoms with Crippen LogP contribution in [0.2, 0.25) is 5.02 Å². The zero-order chi connectivity index (χ0) is 17.1. The van der Waals surface area contributed by atoms with Crippen molar-refractivity contribution in [1.29, 1.82) is 0 Å². The summed E-state index contributed by atoms with van der Waals surface area (Å²) in [6.45, 7) is 1.88. The van der Waals surface area contributed by atoms with E-state index in [9.17, 15) is 4.79 Å². The van der Waals surface area contributed by atoms with Crippen LogP contribution in [0.5, 0.6) is 0 Å². The predicted molar refractivity (Wildman–Crippen MR) is 89.4 cm³/mol. The first-order chi connectivity index (χ1) is 11.6. The van der Waals surface area contributed by atoms with Crippen LogP contribution in [0.25, 0.3) is 11.4 Å². The number of rotatable bonds is 5. The molecule has 0 aliphatic carbocycles. The average Bonchev–Trinajstić information content (AvgIpc) is 3.18. The number of nitrogens with zero attached hydrogens (tertiary/aromatic N) is 6. The molecule has 0 bridgehead atoms. The highest BCUT2D eigenvalue weighted by molar-refractivity contribution is 6.30. The Morgan fingerprint density at radius 1 is 1.25 bits per heavy atom. The van der Waals surface area contributed by atoms with Gasteiger partial charge in [-0.1, -0.05) is 18.5 Å². The molecule has 8 nitrogen and oxygen atoms in total. The van der Waals surface area contributed by atoms with Crippen molar-refractivity contribution in [2.24, 2.45) is 7.05 Å². The van der Waals surface area contributed by atoms with Crippen LogP contribution in [0.3, 0.4) is 0 Å². The monoisotopic (exact) mass is 345 g/mol. The normalized spacial score (nSPS) is 12.1. The van der Waals surface area contributed by atoms with Crippen molar-refractivity contribution in [2.75, 3.05) is 5.32 Å². The predicted octanol–water partition coefficient (Wildman–Crippen LogP) is 2.32. The first-order valence-corrected chi connectivity index (χ1v) is 7.80. The van der Waals surface area contributed by atoms with Crippen molar-refractivity contribution in [3.05, 3.63) is 41.6 Å². The molecule has 1 unspecified atom stereocenters. The number of tetrazole rings is 1. The second kappa shape index (κ2) is 6.79. The number of aromatic nitrogens is 6. The van der Waals surface area contributed by atoms with Crippen LogP contribution in [0.4, 0.5) is 5.82 Å². The van der Waals surface area contributed by atoms with Gasteiger partial charge in [0, 0.05) is 29.9 Å². The van der Waals surface area contributed by atoms with Gasteiger partial charge in [-0.3, -0.25) is 9.48 Å². The number of benzene rings is 1. The average molecular weight is 346 g/mol. The first kappa shape index (κ1) is 16.1. The molecule has 0 aliphatic rings. The van der Waals surface area contributed by atoms with E-state index in [1.54, 1.807) is 48.3 Å². The van der Waals surface area contributed by atoms with Crippen molar-refractivity contribution in [1.82, 2.24) is 30.0 Å². The molecule has 2 aromatic heterocycles. The molecular formula is C15H16ClN7O. The molecular weight excluding hydrogens is 330 g/mol. The van der Waals surface area contributed by atoms with Gasteiger partial charge in [-0.05, 0) is 35.9 Å². The zero-order valence-electron chi connectivity index (χ0n) is 13.2. The number of hydrogen-bond donors (Lipinski definition) is 1. The minimum Gasteiger partial charge on any atom is -0.307 e. The lowest BCUT2D eigenvalue weighted by molar-refractivity contribution is -0.120. The topological polar surface area (TPSA) is 90.5 Å². The number of anilines is 1. The van der Waals surface area contributed by atoms with Gasteiger partial charge in [-0.25, -0.2) is 0 Å². The Morgan fingerprint density at radius 3 is 2.62 bits per heavy atom. The van der Waals surface area contributed by atoms with Crippen LogP contribution in [-0.2, 0) is 11.8 Å². The molecule has 1 amide bonds. The van der Waals surface area contributed by atoms with Crippen LogP contribution < -0.4 is 5.32 Å². The van der Waals surface area contributed by atoms with E-state index in [0.717, 1.165) is 5.56 Å². The highest BCUT2D eigenvalue weighted by atomic mass is 35.5. The van der Waals surface area contributed by atoms with E-state index in [4.69, 9.17) is 11.6 Å². The minimum absolute atomic E-state index is 0.240. The quantitative estimate of drug-likeness (QED) is 0.766. The van der Waals surface area contributed by atoms with Crippen molar-refractivity contribution in [2.45, 2.75) is 19.4 Å². The number of carbonyl (C=O) groups excluding carboxylic acids is 1. The van der Waals surface area contributed by atoms with Gasteiger partial charge in [-0.2, -0.15) is 9.90 Å². The molecule has 2 heterocycles. The van der Waals surface area contributed by atoms with Gasteiger partial charge in [0.15, 0.2) is 11.9 Å². The number of hydrogen-bond acceptors (Lipinski definition) is 5. The van der Waals surface area contributed by atoms with E-state index in [1.807, 2.05) is 6.92 Å². The molecule has 9 heteroatoms. The Balaban J connectivity index is 1.78. The maximum Gasteiger partial charge on any atom is 0.252 e. The zero-order valence-corrected chi connectivity index (χ0v) is 14.0. The lowest BCUT2D eigenvalue weighted by Gasteiger charge is -2.12. The Bertz CT molecular complexity index is 840. The summed E-state index contributed by atoms with van der Waals surface area (Å²) in [6.07, 6.45) is 2.28. The van der Waals surface area contributed by atoms with Crippen LogP contribution >= 0.6 is 11.6 Å². The third-order valence-electron chi connectivity index (χ3n) is 3.46. The molecule has 1 atom stereocenters. The fourth-order valence-corrected chi connectivity index (χ4v) is 2.34. The fraction of sp³-hybridized carbons (Fsp3) is 0.267. The summed E-state index contributed by atoms with van der Waals surface area (Å²) < 4.78 is 1.61.